The number of nitrogens with two attached hydrogens (primary N) is 1. The molecule has 12 heavy (non-hydrogen) atoms. The summed E-state index contributed by atoms with van der Waals surface area (Å²) in [7, 11) is 0. The molecule has 1 aromatic carbocycles. The van der Waals surface area contributed by atoms with Crippen molar-refractivity contribution in [2.45, 2.75) is 19.8 Å². The zero-order valence-electron chi connectivity index (χ0n) is 7.38. The fourth-order valence-corrected chi connectivity index (χ4v) is 1.43. The maximum Gasteiger partial charge on any atom is 0.0316 e. The van der Waals surface area contributed by atoms with E-state index in [2.05, 4.69) is 25.6 Å². The molecule has 0 atom stereocenters. The number of benzene rings is 1. The maximum absolute atomic E-state index is 5.64. The summed E-state index contributed by atoms with van der Waals surface area (Å²) in [5, 5.41) is 0. The minimum atomic E-state index is 0.849. The second-order valence-corrected chi connectivity index (χ2v) is 3.46. The van der Waals surface area contributed by atoms with Crippen LogP contribution in [0, 0.1) is 6.92 Å². The van der Waals surface area contributed by atoms with Gasteiger partial charge in [0.2, 0.25) is 0 Å². The van der Waals surface area contributed by atoms with E-state index in [1.54, 1.807) is 0 Å². The van der Waals surface area contributed by atoms with Crippen LogP contribution in [0.15, 0.2) is 18.2 Å². The molecule has 0 spiro atoms. The molecule has 1 rings (SSSR count). The van der Waals surface area contributed by atoms with Gasteiger partial charge in [0, 0.05) is 5.69 Å². The van der Waals surface area contributed by atoms with Gasteiger partial charge in [-0.1, -0.05) is 6.07 Å². The zero-order valence-corrected chi connectivity index (χ0v) is 8.27. The lowest BCUT2D eigenvalue weighted by atomic mass is 10.0. The fourth-order valence-electron chi connectivity index (χ4n) is 1.27. The van der Waals surface area contributed by atoms with Gasteiger partial charge in [0.1, 0.15) is 0 Å². The van der Waals surface area contributed by atoms with E-state index in [1.165, 1.54) is 11.1 Å². The van der Waals surface area contributed by atoms with Crippen molar-refractivity contribution in [2.24, 2.45) is 0 Å². The molecule has 0 radical (unpaired) electrons. The number of hydrogen-bond donors (Lipinski definition) is 2. The first-order chi connectivity index (χ1) is 5.74. The lowest BCUT2D eigenvalue weighted by Gasteiger charge is -2.04. The Labute approximate surface area is 79.4 Å². The van der Waals surface area contributed by atoms with E-state index in [-0.39, 0.29) is 0 Å². The summed E-state index contributed by atoms with van der Waals surface area (Å²) in [5.41, 5.74) is 9.17. The topological polar surface area (TPSA) is 26.0 Å². The highest BCUT2D eigenvalue weighted by atomic mass is 32.1. The number of anilines is 1. The Morgan fingerprint density at radius 2 is 2.17 bits per heavy atom. The number of aryl methyl sites for hydroxylation is 2. The van der Waals surface area contributed by atoms with E-state index >= 15 is 0 Å². The Bertz CT molecular complexity index is 258. The van der Waals surface area contributed by atoms with Crippen LogP contribution < -0.4 is 5.73 Å². The van der Waals surface area contributed by atoms with Crippen LogP contribution in [-0.2, 0) is 6.42 Å². The van der Waals surface area contributed by atoms with Crippen LogP contribution in [0.1, 0.15) is 17.5 Å². The van der Waals surface area contributed by atoms with E-state index in [0.717, 1.165) is 24.3 Å². The molecule has 0 unspecified atom stereocenters. The van der Waals surface area contributed by atoms with Gasteiger partial charge in [-0.3, -0.25) is 0 Å². The van der Waals surface area contributed by atoms with Crippen molar-refractivity contribution in [1.82, 2.24) is 0 Å². The minimum Gasteiger partial charge on any atom is -0.399 e. The quantitative estimate of drug-likeness (QED) is 0.543. The Morgan fingerprint density at radius 1 is 1.42 bits per heavy atom. The summed E-state index contributed by atoms with van der Waals surface area (Å²) in [4.78, 5) is 0. The third kappa shape index (κ3) is 2.45. The average molecular weight is 181 g/mol. The Morgan fingerprint density at radius 3 is 2.75 bits per heavy atom. The van der Waals surface area contributed by atoms with Crippen LogP contribution in [0.5, 0.6) is 0 Å². The molecule has 0 heterocycles. The molecule has 0 saturated carbocycles. The number of rotatable bonds is 3. The van der Waals surface area contributed by atoms with Gasteiger partial charge >= 0.3 is 0 Å². The molecule has 0 amide bonds. The molecule has 1 aromatic rings. The Balaban J connectivity index is 2.72. The second kappa shape index (κ2) is 4.41. The molecule has 0 aliphatic heterocycles. The van der Waals surface area contributed by atoms with Crippen molar-refractivity contribution in [3.8, 4) is 0 Å². The van der Waals surface area contributed by atoms with Gasteiger partial charge in [0.15, 0.2) is 0 Å². The second-order valence-electron chi connectivity index (χ2n) is 3.01. The standard InChI is InChI=1S/C10H15NS/c1-8-7-10(11)5-4-9(8)3-2-6-12/h4-5,7,12H,2-3,6,11H2,1H3. The van der Waals surface area contributed by atoms with E-state index in [4.69, 9.17) is 5.73 Å². The maximum atomic E-state index is 5.64. The zero-order chi connectivity index (χ0) is 8.97. The monoisotopic (exact) mass is 181 g/mol. The molecule has 0 bridgehead atoms. The molecule has 2 heteroatoms. The van der Waals surface area contributed by atoms with Gasteiger partial charge in [0.25, 0.3) is 0 Å². The van der Waals surface area contributed by atoms with Gasteiger partial charge in [-0.05, 0) is 48.8 Å². The van der Waals surface area contributed by atoms with Crippen molar-refractivity contribution in [3.63, 3.8) is 0 Å². The highest BCUT2D eigenvalue weighted by Crippen LogP contribution is 2.14. The first kappa shape index (κ1) is 9.46. The number of thiol groups is 1. The molecule has 2 N–H and O–H groups in total. The normalized spacial score (nSPS) is 10.2. The summed E-state index contributed by atoms with van der Waals surface area (Å²) < 4.78 is 0. The first-order valence-corrected chi connectivity index (χ1v) is 4.83. The number of nitrogen functional groups attached to an aromatic ring is 1. The lowest BCUT2D eigenvalue weighted by Crippen LogP contribution is -1.93. The molecule has 0 aromatic heterocycles. The molecule has 0 fully saturated rings. The number of hydrogen-bond acceptors (Lipinski definition) is 2. The van der Waals surface area contributed by atoms with Crippen LogP contribution in [0.25, 0.3) is 0 Å². The molecular formula is C10H15NS. The highest BCUT2D eigenvalue weighted by Gasteiger charge is 1.97. The van der Waals surface area contributed by atoms with Gasteiger partial charge in [-0.2, -0.15) is 12.6 Å². The van der Waals surface area contributed by atoms with Gasteiger partial charge in [-0.15, -0.1) is 0 Å². The van der Waals surface area contributed by atoms with Crippen molar-refractivity contribution in [3.05, 3.63) is 29.3 Å². The van der Waals surface area contributed by atoms with Crippen molar-refractivity contribution in [1.29, 1.82) is 0 Å². The predicted octanol–water partition coefficient (Wildman–Crippen LogP) is 2.44. The van der Waals surface area contributed by atoms with E-state index in [1.807, 2.05) is 12.1 Å². The van der Waals surface area contributed by atoms with E-state index < -0.39 is 0 Å². The van der Waals surface area contributed by atoms with Crippen LogP contribution in [0.4, 0.5) is 5.69 Å². The summed E-state index contributed by atoms with van der Waals surface area (Å²) in [6.45, 7) is 2.10. The molecule has 66 valence electrons. The summed E-state index contributed by atoms with van der Waals surface area (Å²) in [6, 6.07) is 6.09. The molecule has 0 aliphatic rings. The molecule has 0 aliphatic carbocycles. The van der Waals surface area contributed by atoms with Gasteiger partial charge in [0.05, 0.1) is 0 Å². The highest BCUT2D eigenvalue weighted by molar-refractivity contribution is 7.80. The van der Waals surface area contributed by atoms with Gasteiger partial charge in [-0.25, -0.2) is 0 Å². The third-order valence-corrected chi connectivity index (χ3v) is 2.29. The summed E-state index contributed by atoms with van der Waals surface area (Å²) in [5.74, 6) is 0.948. The Hall–Kier alpha value is -0.630. The largest absolute Gasteiger partial charge is 0.399 e. The third-order valence-electron chi connectivity index (χ3n) is 1.97. The smallest absolute Gasteiger partial charge is 0.0316 e. The summed E-state index contributed by atoms with van der Waals surface area (Å²) in [6.07, 6.45) is 2.24. The fraction of sp³-hybridized carbons (Fsp3) is 0.400. The molecular weight excluding hydrogens is 166 g/mol. The van der Waals surface area contributed by atoms with Crippen LogP contribution >= 0.6 is 12.6 Å². The van der Waals surface area contributed by atoms with Crippen molar-refractivity contribution >= 4 is 18.3 Å². The lowest BCUT2D eigenvalue weighted by molar-refractivity contribution is 0.927. The van der Waals surface area contributed by atoms with Crippen molar-refractivity contribution in [2.75, 3.05) is 11.5 Å². The first-order valence-electron chi connectivity index (χ1n) is 4.20. The van der Waals surface area contributed by atoms with E-state index in [9.17, 15) is 0 Å². The molecule has 1 nitrogen and oxygen atoms in total. The van der Waals surface area contributed by atoms with Crippen LogP contribution in [-0.4, -0.2) is 5.75 Å². The van der Waals surface area contributed by atoms with Crippen LogP contribution in [0.3, 0.4) is 0 Å². The SMILES string of the molecule is Cc1cc(N)ccc1CCCS. The Kier molecular flexibility index (Phi) is 3.48. The predicted molar refractivity (Wildman–Crippen MR) is 57.8 cm³/mol. The summed E-state index contributed by atoms with van der Waals surface area (Å²) >= 11 is 4.18. The minimum absolute atomic E-state index is 0.849. The van der Waals surface area contributed by atoms with Gasteiger partial charge < -0.3 is 5.73 Å². The van der Waals surface area contributed by atoms with Crippen molar-refractivity contribution < 1.29 is 0 Å². The van der Waals surface area contributed by atoms with E-state index in [0.29, 0.717) is 0 Å². The van der Waals surface area contributed by atoms with Crippen LogP contribution in [0.2, 0.25) is 0 Å². The molecule has 0 saturated heterocycles. The average Bonchev–Trinajstić information content (AvgIpc) is 2.03.